The molecule has 1 aromatic rings. The summed E-state index contributed by atoms with van der Waals surface area (Å²) in [6.45, 7) is 2.75. The molecule has 6 nitrogen and oxygen atoms in total. The minimum absolute atomic E-state index is 0.161. The van der Waals surface area contributed by atoms with Crippen LogP contribution in [-0.2, 0) is 20.9 Å². The molecule has 0 aromatic heterocycles. The molecule has 0 unspecified atom stereocenters. The summed E-state index contributed by atoms with van der Waals surface area (Å²) in [4.78, 5) is 36.0. The van der Waals surface area contributed by atoms with Crippen LogP contribution >= 0.6 is 0 Å². The molecule has 1 heterocycles. The van der Waals surface area contributed by atoms with Crippen molar-refractivity contribution in [1.29, 1.82) is 0 Å². The fourth-order valence-electron chi connectivity index (χ4n) is 2.12. The number of nitrogens with zero attached hydrogens (tertiary/aromatic N) is 1. The van der Waals surface area contributed by atoms with E-state index in [9.17, 15) is 14.4 Å². The summed E-state index contributed by atoms with van der Waals surface area (Å²) in [7, 11) is 0. The number of likely N-dealkylation sites (tertiary alicyclic amines) is 1. The molecule has 1 atom stereocenters. The van der Waals surface area contributed by atoms with Crippen LogP contribution in [0.15, 0.2) is 24.3 Å². The third kappa shape index (κ3) is 3.81. The molecular formula is C15H18N2O4. The van der Waals surface area contributed by atoms with Gasteiger partial charge < -0.3 is 15.4 Å². The Morgan fingerprint density at radius 1 is 1.33 bits per heavy atom. The molecule has 0 aliphatic carbocycles. The zero-order valence-corrected chi connectivity index (χ0v) is 11.9. The lowest BCUT2D eigenvalue weighted by molar-refractivity contribution is -0.128. The molecule has 1 aliphatic rings. The first-order valence-electron chi connectivity index (χ1n) is 6.84. The van der Waals surface area contributed by atoms with Crippen LogP contribution in [0.4, 0.5) is 0 Å². The molecule has 2 rings (SSSR count). The average molecular weight is 290 g/mol. The van der Waals surface area contributed by atoms with Crippen LogP contribution in [0.1, 0.15) is 35.7 Å². The highest BCUT2D eigenvalue weighted by atomic mass is 16.5. The van der Waals surface area contributed by atoms with Gasteiger partial charge in [0.25, 0.3) is 5.91 Å². The summed E-state index contributed by atoms with van der Waals surface area (Å²) in [6, 6.07) is 6.78. The predicted molar refractivity (Wildman–Crippen MR) is 75.2 cm³/mol. The Labute approximate surface area is 122 Å². The lowest BCUT2D eigenvalue weighted by atomic mass is 10.1. The third-order valence-electron chi connectivity index (χ3n) is 3.42. The predicted octanol–water partition coefficient (Wildman–Crippen LogP) is 0.840. The van der Waals surface area contributed by atoms with Crippen LogP contribution in [0, 0.1) is 0 Å². The summed E-state index contributed by atoms with van der Waals surface area (Å²) in [5, 5.41) is 0. The summed E-state index contributed by atoms with van der Waals surface area (Å²) in [5.41, 5.74) is 6.33. The average Bonchev–Trinajstić information content (AvgIpc) is 2.85. The molecule has 21 heavy (non-hydrogen) atoms. The Balaban J connectivity index is 1.96. The van der Waals surface area contributed by atoms with Gasteiger partial charge in [-0.3, -0.25) is 9.59 Å². The van der Waals surface area contributed by atoms with Crippen molar-refractivity contribution in [3.05, 3.63) is 35.4 Å². The van der Waals surface area contributed by atoms with E-state index in [4.69, 9.17) is 10.5 Å². The number of hydrogen-bond acceptors (Lipinski definition) is 4. The quantitative estimate of drug-likeness (QED) is 0.814. The number of ether oxygens (including phenoxy) is 1. The maximum Gasteiger partial charge on any atom is 0.338 e. The number of esters is 1. The van der Waals surface area contributed by atoms with Crippen LogP contribution < -0.4 is 5.73 Å². The standard InChI is InChI=1S/C15H18N2O4/c1-10(14(16)19)21-15(20)12-6-4-11(5-7-12)9-17-8-2-3-13(17)18/h4-7,10H,2-3,8-9H2,1H3,(H2,16,19)/t10-/m1/s1. The lowest BCUT2D eigenvalue weighted by Crippen LogP contribution is -2.30. The van der Waals surface area contributed by atoms with Gasteiger partial charge in [0.15, 0.2) is 6.10 Å². The molecule has 112 valence electrons. The number of nitrogens with two attached hydrogens (primary N) is 1. The van der Waals surface area contributed by atoms with Crippen LogP contribution in [0.2, 0.25) is 0 Å². The van der Waals surface area contributed by atoms with E-state index < -0.39 is 18.0 Å². The molecule has 1 fully saturated rings. The first kappa shape index (κ1) is 15.0. The van der Waals surface area contributed by atoms with Crippen molar-refractivity contribution < 1.29 is 19.1 Å². The Bertz CT molecular complexity index is 553. The maximum atomic E-state index is 11.8. The minimum atomic E-state index is -0.959. The molecule has 0 bridgehead atoms. The first-order chi connectivity index (χ1) is 9.97. The second-order valence-electron chi connectivity index (χ2n) is 5.07. The zero-order valence-electron chi connectivity index (χ0n) is 11.9. The van der Waals surface area contributed by atoms with Gasteiger partial charge in [0, 0.05) is 19.5 Å². The zero-order chi connectivity index (χ0) is 15.4. The van der Waals surface area contributed by atoms with Crippen molar-refractivity contribution in [2.45, 2.75) is 32.4 Å². The van der Waals surface area contributed by atoms with Gasteiger partial charge in [0.2, 0.25) is 5.91 Å². The van der Waals surface area contributed by atoms with Gasteiger partial charge in [-0.15, -0.1) is 0 Å². The number of amides is 2. The van der Waals surface area contributed by atoms with E-state index in [-0.39, 0.29) is 5.91 Å². The molecule has 0 spiro atoms. The summed E-state index contributed by atoms with van der Waals surface area (Å²) < 4.78 is 4.91. The summed E-state index contributed by atoms with van der Waals surface area (Å²) in [5.74, 6) is -1.12. The number of carbonyl (C=O) groups excluding carboxylic acids is 3. The maximum absolute atomic E-state index is 11.8. The van der Waals surface area contributed by atoms with E-state index >= 15 is 0 Å². The van der Waals surface area contributed by atoms with Crippen molar-refractivity contribution in [2.75, 3.05) is 6.54 Å². The topological polar surface area (TPSA) is 89.7 Å². The van der Waals surface area contributed by atoms with Crippen molar-refractivity contribution in [1.82, 2.24) is 4.90 Å². The van der Waals surface area contributed by atoms with Gasteiger partial charge in [0.05, 0.1) is 5.56 Å². The highest BCUT2D eigenvalue weighted by Gasteiger charge is 2.20. The van der Waals surface area contributed by atoms with Crippen LogP contribution in [0.3, 0.4) is 0 Å². The van der Waals surface area contributed by atoms with E-state index in [0.29, 0.717) is 18.5 Å². The monoisotopic (exact) mass is 290 g/mol. The van der Waals surface area contributed by atoms with Crippen molar-refractivity contribution in [2.24, 2.45) is 5.73 Å². The molecular weight excluding hydrogens is 272 g/mol. The van der Waals surface area contributed by atoms with Crippen molar-refractivity contribution in [3.63, 3.8) is 0 Å². The third-order valence-corrected chi connectivity index (χ3v) is 3.42. The normalized spacial score (nSPS) is 15.9. The number of primary amides is 1. The second kappa shape index (κ2) is 6.39. The minimum Gasteiger partial charge on any atom is -0.449 e. The summed E-state index contributed by atoms with van der Waals surface area (Å²) >= 11 is 0. The number of rotatable bonds is 5. The Morgan fingerprint density at radius 2 is 2.00 bits per heavy atom. The molecule has 0 saturated carbocycles. The van der Waals surface area contributed by atoms with Crippen molar-refractivity contribution >= 4 is 17.8 Å². The highest BCUT2D eigenvalue weighted by Crippen LogP contribution is 2.15. The number of carbonyl (C=O) groups is 3. The lowest BCUT2D eigenvalue weighted by Gasteiger charge is -2.15. The van der Waals surface area contributed by atoms with Gasteiger partial charge in [0.1, 0.15) is 0 Å². The van der Waals surface area contributed by atoms with Crippen LogP contribution in [-0.4, -0.2) is 35.3 Å². The van der Waals surface area contributed by atoms with Gasteiger partial charge in [-0.05, 0) is 31.0 Å². The smallest absolute Gasteiger partial charge is 0.338 e. The molecule has 6 heteroatoms. The molecule has 1 aromatic carbocycles. The largest absolute Gasteiger partial charge is 0.449 e. The second-order valence-corrected chi connectivity index (χ2v) is 5.07. The van der Waals surface area contributed by atoms with Crippen LogP contribution in [0.25, 0.3) is 0 Å². The van der Waals surface area contributed by atoms with Crippen molar-refractivity contribution in [3.8, 4) is 0 Å². The fraction of sp³-hybridized carbons (Fsp3) is 0.400. The van der Waals surface area contributed by atoms with E-state index in [2.05, 4.69) is 0 Å². The fourth-order valence-corrected chi connectivity index (χ4v) is 2.12. The SMILES string of the molecule is C[C@@H](OC(=O)c1ccc(CN2CCCC2=O)cc1)C(N)=O. The molecule has 2 amide bonds. The Morgan fingerprint density at radius 3 is 2.52 bits per heavy atom. The Kier molecular flexibility index (Phi) is 4.57. The Hall–Kier alpha value is -2.37. The van der Waals surface area contributed by atoms with Crippen LogP contribution in [0.5, 0.6) is 0 Å². The molecule has 0 radical (unpaired) electrons. The van der Waals surface area contributed by atoms with Gasteiger partial charge >= 0.3 is 5.97 Å². The number of hydrogen-bond donors (Lipinski definition) is 1. The van der Waals surface area contributed by atoms with E-state index in [0.717, 1.165) is 18.5 Å². The molecule has 1 aliphatic heterocycles. The van der Waals surface area contributed by atoms with Gasteiger partial charge in [-0.2, -0.15) is 0 Å². The molecule has 2 N–H and O–H groups in total. The summed E-state index contributed by atoms with van der Waals surface area (Å²) in [6.07, 6.45) is 0.545. The van der Waals surface area contributed by atoms with Gasteiger partial charge in [-0.1, -0.05) is 12.1 Å². The first-order valence-corrected chi connectivity index (χ1v) is 6.84. The highest BCUT2D eigenvalue weighted by molar-refractivity contribution is 5.91. The number of benzene rings is 1. The van der Waals surface area contributed by atoms with E-state index in [1.807, 2.05) is 0 Å². The molecule has 1 saturated heterocycles. The van der Waals surface area contributed by atoms with E-state index in [1.54, 1.807) is 29.2 Å². The van der Waals surface area contributed by atoms with Gasteiger partial charge in [-0.25, -0.2) is 4.79 Å². The van der Waals surface area contributed by atoms with E-state index in [1.165, 1.54) is 6.92 Å².